The first-order valence-corrected chi connectivity index (χ1v) is 15.1. The van der Waals surface area contributed by atoms with E-state index in [0.29, 0.717) is 27.7 Å². The molecule has 0 fully saturated rings. The minimum Gasteiger partial charge on any atom is -0.360 e. The fourth-order valence-corrected chi connectivity index (χ4v) is 5.68. The molecule has 0 spiro atoms. The molecule has 0 amide bonds. The molecule has 0 radical (unpaired) electrons. The Morgan fingerprint density at radius 3 is 2.64 bits per heavy atom. The van der Waals surface area contributed by atoms with Crippen LogP contribution in [-0.4, -0.2) is 39.8 Å². The van der Waals surface area contributed by atoms with Gasteiger partial charge in [-0.1, -0.05) is 31.2 Å². The molecule has 2 heterocycles. The first-order valence-electron chi connectivity index (χ1n) is 8.73. The van der Waals surface area contributed by atoms with Gasteiger partial charge in [0.05, 0.1) is 4.90 Å². The minimum absolute atomic E-state index is 0.0739. The Balaban J connectivity index is 1.90. The number of halogens is 1. The molecule has 2 aromatic heterocycles. The van der Waals surface area contributed by atoms with Crippen LogP contribution < -0.4 is 4.31 Å². The van der Waals surface area contributed by atoms with Crippen molar-refractivity contribution in [1.29, 1.82) is 0 Å². The van der Waals surface area contributed by atoms with Gasteiger partial charge in [-0.25, -0.2) is 22.7 Å². The van der Waals surface area contributed by atoms with E-state index in [2.05, 4.69) is 29.6 Å². The Bertz CT molecular complexity index is 1050. The normalized spacial score (nSPS) is 12.4. The molecule has 3 aromatic rings. The number of rotatable bonds is 8. The molecule has 1 aromatic carbocycles. The number of hydrogen-bond acceptors (Lipinski definition) is 6. The number of hydrogen-bond donors (Lipinski definition) is 0. The molecule has 3 rings (SSSR count). The van der Waals surface area contributed by atoms with Crippen molar-refractivity contribution in [3.8, 4) is 0 Å². The molecule has 0 bridgehead atoms. The molecule has 0 saturated carbocycles. The predicted octanol–water partition coefficient (Wildman–Crippen LogP) is 4.85. The van der Waals surface area contributed by atoms with E-state index < -0.39 is 18.1 Å². The summed E-state index contributed by atoms with van der Waals surface area (Å²) < 4.78 is 33.6. The number of thiazole rings is 1. The largest absolute Gasteiger partial charge is 0.360 e. The number of anilines is 1. The van der Waals surface area contributed by atoms with Crippen molar-refractivity contribution in [1.82, 2.24) is 9.97 Å². The fraction of sp³-hybridized carbons (Fsp3) is 0.333. The van der Waals surface area contributed by atoms with Crippen molar-refractivity contribution in [2.45, 2.75) is 30.6 Å². The third-order valence-corrected chi connectivity index (χ3v) is 8.74. The van der Waals surface area contributed by atoms with Crippen LogP contribution in [-0.2, 0) is 14.8 Å². The Labute approximate surface area is 175 Å². The third-order valence-electron chi connectivity index (χ3n) is 4.11. The Morgan fingerprint density at radius 1 is 1.18 bits per heavy atom. The predicted molar refractivity (Wildman–Crippen MR) is 118 cm³/mol. The number of sulfonamides is 1. The molecule has 0 aliphatic rings. The molecule has 0 unspecified atom stereocenters. The van der Waals surface area contributed by atoms with Gasteiger partial charge >= 0.3 is 0 Å². The van der Waals surface area contributed by atoms with Crippen LogP contribution in [0.25, 0.3) is 10.8 Å². The van der Waals surface area contributed by atoms with Crippen LogP contribution in [0.3, 0.4) is 0 Å². The van der Waals surface area contributed by atoms with Gasteiger partial charge in [0, 0.05) is 37.8 Å². The molecular formula is C18H22ClN3O3S2Si. The molecule has 0 N–H and O–H groups in total. The van der Waals surface area contributed by atoms with Gasteiger partial charge in [0.25, 0.3) is 10.0 Å². The van der Waals surface area contributed by atoms with E-state index >= 15 is 0 Å². The maximum atomic E-state index is 13.3. The van der Waals surface area contributed by atoms with Crippen LogP contribution >= 0.6 is 22.9 Å². The van der Waals surface area contributed by atoms with Crippen LogP contribution in [0.1, 0.15) is 0 Å². The summed E-state index contributed by atoms with van der Waals surface area (Å²) in [7, 11) is -5.11. The van der Waals surface area contributed by atoms with Gasteiger partial charge in [-0.05, 0) is 35.7 Å². The quantitative estimate of drug-likeness (QED) is 0.210. The highest BCUT2D eigenvalue weighted by Crippen LogP contribution is 2.29. The lowest BCUT2D eigenvalue weighted by Gasteiger charge is -2.23. The van der Waals surface area contributed by atoms with Crippen molar-refractivity contribution in [3.63, 3.8) is 0 Å². The van der Waals surface area contributed by atoms with Crippen molar-refractivity contribution < 1.29 is 13.2 Å². The summed E-state index contributed by atoms with van der Waals surface area (Å²) in [6.07, 6.45) is 3.13. The van der Waals surface area contributed by atoms with Crippen molar-refractivity contribution in [2.75, 3.05) is 17.6 Å². The van der Waals surface area contributed by atoms with Gasteiger partial charge in [-0.15, -0.1) is 11.3 Å². The summed E-state index contributed by atoms with van der Waals surface area (Å²) >= 11 is 7.35. The monoisotopic (exact) mass is 455 g/mol. The van der Waals surface area contributed by atoms with E-state index in [1.54, 1.807) is 36.0 Å². The van der Waals surface area contributed by atoms with Crippen molar-refractivity contribution in [2.24, 2.45) is 0 Å². The summed E-state index contributed by atoms with van der Waals surface area (Å²) in [5, 5.41) is 3.87. The van der Waals surface area contributed by atoms with Gasteiger partial charge in [0.1, 0.15) is 11.9 Å². The Kier molecular flexibility index (Phi) is 6.40. The van der Waals surface area contributed by atoms with Crippen LogP contribution in [0.4, 0.5) is 5.13 Å². The second kappa shape index (κ2) is 8.46. The van der Waals surface area contributed by atoms with E-state index in [1.165, 1.54) is 21.7 Å². The van der Waals surface area contributed by atoms with Crippen molar-refractivity contribution in [3.05, 3.63) is 47.2 Å². The zero-order chi connectivity index (χ0) is 20.4. The van der Waals surface area contributed by atoms with Gasteiger partial charge in [0.15, 0.2) is 0 Å². The molecule has 0 saturated heterocycles. The lowest BCUT2D eigenvalue weighted by atomic mass is 10.2. The molecule has 150 valence electrons. The SMILES string of the molecule is C[Si](C)(C)CCOCN(c1nccs1)S(=O)(=O)c1ccc2c(Cl)nccc2c1. The van der Waals surface area contributed by atoms with E-state index in [9.17, 15) is 8.42 Å². The topological polar surface area (TPSA) is 72.4 Å². The van der Waals surface area contributed by atoms with Gasteiger partial charge in [-0.3, -0.25) is 0 Å². The molecule has 0 aliphatic carbocycles. The third kappa shape index (κ3) is 4.90. The fourth-order valence-electron chi connectivity index (χ4n) is 2.50. The molecule has 10 heteroatoms. The first-order chi connectivity index (χ1) is 13.2. The molecule has 0 aliphatic heterocycles. The highest BCUT2D eigenvalue weighted by molar-refractivity contribution is 7.93. The summed E-state index contributed by atoms with van der Waals surface area (Å²) in [6.45, 7) is 7.20. The highest BCUT2D eigenvalue weighted by Gasteiger charge is 2.27. The lowest BCUT2D eigenvalue weighted by Crippen LogP contribution is -2.34. The number of ether oxygens (including phenoxy) is 1. The first kappa shape index (κ1) is 21.2. The summed E-state index contributed by atoms with van der Waals surface area (Å²) in [5.74, 6) is 0. The van der Waals surface area contributed by atoms with Crippen molar-refractivity contribution >= 4 is 56.9 Å². The van der Waals surface area contributed by atoms with E-state index in [-0.39, 0.29) is 11.6 Å². The van der Waals surface area contributed by atoms with E-state index in [1.807, 2.05) is 0 Å². The van der Waals surface area contributed by atoms with Gasteiger partial charge < -0.3 is 4.74 Å². The number of fused-ring (bicyclic) bond motifs is 1. The van der Waals surface area contributed by atoms with Crippen LogP contribution in [0, 0.1) is 0 Å². The van der Waals surface area contributed by atoms with E-state index in [0.717, 1.165) is 6.04 Å². The number of nitrogens with zero attached hydrogens (tertiary/aromatic N) is 3. The maximum Gasteiger partial charge on any atom is 0.268 e. The van der Waals surface area contributed by atoms with Crippen LogP contribution in [0.5, 0.6) is 0 Å². The number of pyridine rings is 1. The molecule has 6 nitrogen and oxygen atoms in total. The minimum atomic E-state index is -3.84. The second-order valence-electron chi connectivity index (χ2n) is 7.50. The van der Waals surface area contributed by atoms with Gasteiger partial charge in [0.2, 0.25) is 5.13 Å². The molecule has 0 atom stereocenters. The van der Waals surface area contributed by atoms with Gasteiger partial charge in [-0.2, -0.15) is 0 Å². The average molecular weight is 456 g/mol. The number of aromatic nitrogens is 2. The zero-order valence-corrected chi connectivity index (χ0v) is 19.3. The van der Waals surface area contributed by atoms with Crippen LogP contribution in [0.2, 0.25) is 30.8 Å². The summed E-state index contributed by atoms with van der Waals surface area (Å²) in [6, 6.07) is 7.50. The molecular weight excluding hydrogens is 434 g/mol. The second-order valence-corrected chi connectivity index (χ2v) is 16.2. The van der Waals surface area contributed by atoms with Crippen LogP contribution in [0.15, 0.2) is 46.9 Å². The number of benzene rings is 1. The lowest BCUT2D eigenvalue weighted by molar-refractivity contribution is 0.156. The summed E-state index contributed by atoms with van der Waals surface area (Å²) in [4.78, 5) is 8.36. The Hall–Kier alpha value is -1.52. The standard InChI is InChI=1S/C18H22ClN3O3S2Si/c1-28(2,3)11-9-25-13-22(18-21-8-10-26-18)27(23,24)15-4-5-16-14(12-15)6-7-20-17(16)19/h4-8,10,12H,9,11,13H2,1-3H3. The Morgan fingerprint density at radius 2 is 1.96 bits per heavy atom. The zero-order valence-electron chi connectivity index (χ0n) is 15.9. The summed E-state index contributed by atoms with van der Waals surface area (Å²) in [5.41, 5.74) is 0. The smallest absolute Gasteiger partial charge is 0.268 e. The molecule has 28 heavy (non-hydrogen) atoms. The highest BCUT2D eigenvalue weighted by atomic mass is 35.5. The average Bonchev–Trinajstić information content (AvgIpc) is 3.14. The maximum absolute atomic E-state index is 13.3. The van der Waals surface area contributed by atoms with E-state index in [4.69, 9.17) is 16.3 Å².